The van der Waals surface area contributed by atoms with E-state index in [2.05, 4.69) is 20.9 Å². The topological polar surface area (TPSA) is 141 Å². The first-order valence-corrected chi connectivity index (χ1v) is 12.2. The number of aliphatic hydroxyl groups excluding tert-OH is 1. The van der Waals surface area contributed by atoms with Gasteiger partial charge in [-0.3, -0.25) is 14.4 Å². The van der Waals surface area contributed by atoms with Crippen LogP contribution < -0.4 is 16.0 Å². The van der Waals surface area contributed by atoms with Gasteiger partial charge in [0.2, 0.25) is 11.8 Å². The van der Waals surface area contributed by atoms with E-state index in [1.807, 2.05) is 60.7 Å². The van der Waals surface area contributed by atoms with E-state index in [1.54, 1.807) is 18.3 Å². The number of benzene rings is 2. The maximum absolute atomic E-state index is 13.0. The molecule has 1 aromatic heterocycles. The molecule has 0 spiro atoms. The molecule has 1 heterocycles. The molecular weight excluding hydrogens is 472 g/mol. The van der Waals surface area contributed by atoms with Gasteiger partial charge in [0.1, 0.15) is 11.9 Å². The zero-order chi connectivity index (χ0) is 26.5. The molecule has 5 N–H and O–H groups in total. The molecule has 9 nitrogen and oxygen atoms in total. The molecule has 3 aromatic rings. The molecule has 0 aliphatic carbocycles. The Bertz CT molecular complexity index is 1140. The van der Waals surface area contributed by atoms with Crippen molar-refractivity contribution in [2.24, 2.45) is 0 Å². The van der Waals surface area contributed by atoms with Crippen LogP contribution in [0.3, 0.4) is 0 Å². The Morgan fingerprint density at radius 3 is 2.22 bits per heavy atom. The fraction of sp³-hybridized carbons (Fsp3) is 0.286. The summed E-state index contributed by atoms with van der Waals surface area (Å²) in [7, 11) is 0. The monoisotopic (exact) mass is 504 g/mol. The molecule has 2 amide bonds. The number of aliphatic hydroxyl groups is 1. The van der Waals surface area contributed by atoms with Crippen molar-refractivity contribution in [1.29, 1.82) is 0 Å². The maximum atomic E-state index is 13.0. The second kappa shape index (κ2) is 14.4. The van der Waals surface area contributed by atoms with Gasteiger partial charge in [0.15, 0.2) is 0 Å². The maximum Gasteiger partial charge on any atom is 0.305 e. The van der Waals surface area contributed by atoms with Crippen LogP contribution in [0.25, 0.3) is 11.1 Å². The highest BCUT2D eigenvalue weighted by atomic mass is 16.4. The third kappa shape index (κ3) is 9.05. The van der Waals surface area contributed by atoms with E-state index in [4.69, 9.17) is 0 Å². The van der Waals surface area contributed by atoms with Crippen molar-refractivity contribution in [3.05, 3.63) is 84.6 Å². The number of anilines is 1. The van der Waals surface area contributed by atoms with Crippen molar-refractivity contribution in [2.75, 3.05) is 18.5 Å². The Labute approximate surface area is 216 Å². The van der Waals surface area contributed by atoms with Gasteiger partial charge in [-0.05, 0) is 41.7 Å². The van der Waals surface area contributed by atoms with Gasteiger partial charge in [0.05, 0.1) is 12.5 Å². The highest BCUT2D eigenvalue weighted by Crippen LogP contribution is 2.23. The number of aliphatic carboxylic acids is 1. The van der Waals surface area contributed by atoms with Gasteiger partial charge >= 0.3 is 5.97 Å². The van der Waals surface area contributed by atoms with Crippen LogP contribution in [0.5, 0.6) is 0 Å². The summed E-state index contributed by atoms with van der Waals surface area (Å²) >= 11 is 0. The fourth-order valence-electron chi connectivity index (χ4n) is 3.83. The first kappa shape index (κ1) is 27.3. The molecule has 3 rings (SSSR count). The molecule has 0 aliphatic heterocycles. The van der Waals surface area contributed by atoms with E-state index in [-0.39, 0.29) is 31.8 Å². The van der Waals surface area contributed by atoms with Crippen molar-refractivity contribution in [3.8, 4) is 11.1 Å². The van der Waals surface area contributed by atoms with Crippen LogP contribution in [0.1, 0.15) is 37.3 Å². The van der Waals surface area contributed by atoms with Gasteiger partial charge in [0, 0.05) is 25.8 Å². The van der Waals surface area contributed by atoms with Crippen molar-refractivity contribution in [3.63, 3.8) is 0 Å². The number of hydrogen-bond acceptors (Lipinski definition) is 6. The highest BCUT2D eigenvalue weighted by Gasteiger charge is 2.25. The molecule has 37 heavy (non-hydrogen) atoms. The van der Waals surface area contributed by atoms with E-state index in [0.29, 0.717) is 24.3 Å². The van der Waals surface area contributed by atoms with Crippen LogP contribution in [0.2, 0.25) is 0 Å². The molecule has 2 atom stereocenters. The molecule has 0 aliphatic rings. The quantitative estimate of drug-likeness (QED) is 0.212. The van der Waals surface area contributed by atoms with E-state index in [1.165, 1.54) is 0 Å². The fourth-order valence-corrected chi connectivity index (χ4v) is 3.83. The Morgan fingerprint density at radius 2 is 1.57 bits per heavy atom. The van der Waals surface area contributed by atoms with Crippen LogP contribution in [0, 0.1) is 0 Å². The summed E-state index contributed by atoms with van der Waals surface area (Å²) in [4.78, 5) is 41.1. The van der Waals surface area contributed by atoms with E-state index < -0.39 is 24.0 Å². The van der Waals surface area contributed by atoms with Crippen molar-refractivity contribution < 1.29 is 24.6 Å². The van der Waals surface area contributed by atoms with Crippen LogP contribution >= 0.6 is 0 Å². The Hall–Kier alpha value is -4.24. The second-order valence-electron chi connectivity index (χ2n) is 8.52. The number of pyridine rings is 1. The van der Waals surface area contributed by atoms with Gasteiger partial charge in [-0.2, -0.15) is 0 Å². The summed E-state index contributed by atoms with van der Waals surface area (Å²) in [6.07, 6.45) is 2.05. The number of nitrogens with one attached hydrogen (secondary N) is 3. The molecule has 0 saturated heterocycles. The Kier molecular flexibility index (Phi) is 10.6. The predicted octanol–water partition coefficient (Wildman–Crippen LogP) is 3.14. The third-order valence-corrected chi connectivity index (χ3v) is 5.74. The lowest BCUT2D eigenvalue weighted by molar-refractivity contribution is -0.138. The van der Waals surface area contributed by atoms with Crippen LogP contribution in [0.4, 0.5) is 5.82 Å². The summed E-state index contributed by atoms with van der Waals surface area (Å²) in [5, 5.41) is 27.3. The van der Waals surface area contributed by atoms with Crippen LogP contribution in [-0.4, -0.2) is 52.2 Å². The molecular formula is C28H32N4O5. The number of carboxylic acid groups (broad SMARTS) is 1. The largest absolute Gasteiger partial charge is 0.481 e. The zero-order valence-electron chi connectivity index (χ0n) is 20.5. The van der Waals surface area contributed by atoms with Crippen LogP contribution in [0.15, 0.2) is 79.0 Å². The number of aromatic nitrogens is 1. The van der Waals surface area contributed by atoms with Gasteiger partial charge in [-0.25, -0.2) is 4.98 Å². The molecule has 194 valence electrons. The predicted molar refractivity (Wildman–Crippen MR) is 141 cm³/mol. The van der Waals surface area contributed by atoms with Gasteiger partial charge < -0.3 is 26.2 Å². The summed E-state index contributed by atoms with van der Waals surface area (Å²) in [5.41, 5.74) is 2.62. The first-order chi connectivity index (χ1) is 18.0. The minimum atomic E-state index is -1.07. The molecule has 0 fully saturated rings. The molecule has 0 radical (unpaired) electrons. The van der Waals surface area contributed by atoms with Gasteiger partial charge in [0.25, 0.3) is 0 Å². The number of hydrogen-bond donors (Lipinski definition) is 5. The average molecular weight is 505 g/mol. The lowest BCUT2D eigenvalue weighted by Crippen LogP contribution is -2.48. The Balaban J connectivity index is 1.58. The molecule has 1 unspecified atom stereocenters. The number of nitrogens with zero attached hydrogens (tertiary/aromatic N) is 1. The highest BCUT2D eigenvalue weighted by molar-refractivity contribution is 5.88. The van der Waals surface area contributed by atoms with E-state index >= 15 is 0 Å². The number of carbonyl (C=O) groups is 3. The average Bonchev–Trinajstić information content (AvgIpc) is 2.91. The lowest BCUT2D eigenvalue weighted by Gasteiger charge is -2.23. The molecule has 0 saturated carbocycles. The minimum absolute atomic E-state index is 0.0104. The van der Waals surface area contributed by atoms with Crippen molar-refractivity contribution in [2.45, 2.75) is 37.8 Å². The zero-order valence-corrected chi connectivity index (χ0v) is 20.5. The van der Waals surface area contributed by atoms with Gasteiger partial charge in [-0.1, -0.05) is 60.7 Å². The van der Waals surface area contributed by atoms with E-state index in [9.17, 15) is 24.6 Å². The SMILES string of the molecule is O=C(O)CC(NC(=O)[C@H](CCO)NC(=O)CCCNc1ccccn1)c1ccc(-c2ccccc2)cc1. The Morgan fingerprint density at radius 1 is 0.865 bits per heavy atom. The van der Waals surface area contributed by atoms with Crippen molar-refractivity contribution in [1.82, 2.24) is 15.6 Å². The summed E-state index contributed by atoms with van der Waals surface area (Å²) in [6, 6.07) is 20.8. The standard InChI is InChI=1S/C28H32N4O5/c33-18-15-23(31-26(34)10-6-17-30-25-9-4-5-16-29-25)28(37)32-24(19-27(35)36)22-13-11-21(12-14-22)20-7-2-1-3-8-20/h1-5,7-9,11-14,16,23-24,33H,6,10,15,17-19H2,(H,29,30)(H,31,34)(H,32,37)(H,35,36)/t23-,24?/m0/s1. The number of rotatable bonds is 14. The third-order valence-electron chi connectivity index (χ3n) is 5.74. The molecule has 0 bridgehead atoms. The van der Waals surface area contributed by atoms with Crippen molar-refractivity contribution >= 4 is 23.6 Å². The van der Waals surface area contributed by atoms with Gasteiger partial charge in [-0.15, -0.1) is 0 Å². The number of amides is 2. The normalized spacial score (nSPS) is 12.2. The lowest BCUT2D eigenvalue weighted by atomic mass is 9.98. The summed E-state index contributed by atoms with van der Waals surface area (Å²) < 4.78 is 0. The first-order valence-electron chi connectivity index (χ1n) is 12.2. The smallest absolute Gasteiger partial charge is 0.305 e. The summed E-state index contributed by atoms with van der Waals surface area (Å²) in [5.74, 6) is -1.24. The van der Waals surface area contributed by atoms with Crippen LogP contribution in [-0.2, 0) is 14.4 Å². The number of carboxylic acids is 1. The number of carbonyl (C=O) groups excluding carboxylic acids is 2. The van der Waals surface area contributed by atoms with E-state index in [0.717, 1.165) is 11.1 Å². The second-order valence-corrected chi connectivity index (χ2v) is 8.52. The minimum Gasteiger partial charge on any atom is -0.481 e. The molecule has 9 heteroatoms. The molecule has 2 aromatic carbocycles. The summed E-state index contributed by atoms with van der Waals surface area (Å²) in [6.45, 7) is 0.218.